The molecule has 140 valence electrons. The predicted molar refractivity (Wildman–Crippen MR) is 103 cm³/mol. The van der Waals surface area contributed by atoms with Crippen LogP contribution in [0.3, 0.4) is 0 Å². The highest BCUT2D eigenvalue weighted by molar-refractivity contribution is 6.34. The predicted octanol–water partition coefficient (Wildman–Crippen LogP) is 4.54. The van der Waals surface area contributed by atoms with E-state index in [9.17, 15) is 9.59 Å². The molecule has 28 heavy (non-hydrogen) atoms. The number of hydrogen-bond acceptors (Lipinski definition) is 5. The molecule has 1 aliphatic heterocycles. The van der Waals surface area contributed by atoms with Gasteiger partial charge in [-0.25, -0.2) is 4.79 Å². The van der Waals surface area contributed by atoms with Crippen LogP contribution in [0.1, 0.15) is 20.7 Å². The highest BCUT2D eigenvalue weighted by atomic mass is 35.5. The molecule has 3 aromatic carbocycles. The summed E-state index contributed by atoms with van der Waals surface area (Å²) in [4.78, 5) is 24.6. The first-order valence-corrected chi connectivity index (χ1v) is 8.76. The zero-order chi connectivity index (χ0) is 19.5. The average Bonchev–Trinajstić information content (AvgIpc) is 3.17. The van der Waals surface area contributed by atoms with Gasteiger partial charge in [-0.05, 0) is 54.6 Å². The minimum Gasteiger partial charge on any atom is -0.454 e. The van der Waals surface area contributed by atoms with E-state index in [-0.39, 0.29) is 12.7 Å². The standard InChI is InChI=1S/C21H14ClNO5/c22-17-4-2-1-3-16(17)20(24)23-14-6-8-15(9-7-14)28-21(25)13-5-10-18-19(11-13)27-12-26-18/h1-11H,12H2,(H,23,24). The molecule has 1 amide bonds. The highest BCUT2D eigenvalue weighted by Crippen LogP contribution is 2.32. The van der Waals surface area contributed by atoms with Crippen LogP contribution in [0.4, 0.5) is 5.69 Å². The maximum absolute atomic E-state index is 12.3. The lowest BCUT2D eigenvalue weighted by molar-refractivity contribution is 0.0734. The van der Waals surface area contributed by atoms with Gasteiger partial charge in [0.25, 0.3) is 5.91 Å². The van der Waals surface area contributed by atoms with Gasteiger partial charge in [0.2, 0.25) is 6.79 Å². The van der Waals surface area contributed by atoms with Crippen molar-refractivity contribution in [3.63, 3.8) is 0 Å². The molecule has 0 bridgehead atoms. The molecule has 0 saturated carbocycles. The quantitative estimate of drug-likeness (QED) is 0.518. The Kier molecular flexibility index (Phi) is 4.87. The van der Waals surface area contributed by atoms with E-state index in [1.54, 1.807) is 66.7 Å². The number of rotatable bonds is 4. The number of anilines is 1. The summed E-state index contributed by atoms with van der Waals surface area (Å²) in [6.07, 6.45) is 0. The topological polar surface area (TPSA) is 73.9 Å². The van der Waals surface area contributed by atoms with Crippen molar-refractivity contribution in [3.05, 3.63) is 82.9 Å². The molecule has 1 N–H and O–H groups in total. The molecular weight excluding hydrogens is 382 g/mol. The summed E-state index contributed by atoms with van der Waals surface area (Å²) < 4.78 is 15.8. The number of amides is 1. The van der Waals surface area contributed by atoms with Gasteiger partial charge in [0.1, 0.15) is 5.75 Å². The second-order valence-electron chi connectivity index (χ2n) is 5.92. The van der Waals surface area contributed by atoms with Gasteiger partial charge >= 0.3 is 5.97 Å². The zero-order valence-corrected chi connectivity index (χ0v) is 15.2. The Labute approximate surface area is 165 Å². The third-order valence-corrected chi connectivity index (χ3v) is 4.38. The fraction of sp³-hybridized carbons (Fsp3) is 0.0476. The molecule has 1 aliphatic rings. The van der Waals surface area contributed by atoms with Crippen LogP contribution in [0.15, 0.2) is 66.7 Å². The second kappa shape index (κ2) is 7.62. The van der Waals surface area contributed by atoms with Crippen LogP contribution in [-0.2, 0) is 0 Å². The number of carbonyl (C=O) groups is 2. The van der Waals surface area contributed by atoms with Crippen LogP contribution in [0.25, 0.3) is 0 Å². The number of benzene rings is 3. The molecule has 0 atom stereocenters. The Morgan fingerprint density at radius 1 is 0.929 bits per heavy atom. The maximum Gasteiger partial charge on any atom is 0.343 e. The maximum atomic E-state index is 12.3. The van der Waals surface area contributed by atoms with E-state index >= 15 is 0 Å². The zero-order valence-electron chi connectivity index (χ0n) is 14.5. The van der Waals surface area contributed by atoms with Crippen molar-refractivity contribution < 1.29 is 23.8 Å². The molecule has 7 heteroatoms. The summed E-state index contributed by atoms with van der Waals surface area (Å²) in [5, 5.41) is 3.11. The third kappa shape index (κ3) is 3.77. The van der Waals surface area contributed by atoms with Gasteiger partial charge in [0, 0.05) is 5.69 Å². The minimum atomic E-state index is -0.522. The third-order valence-electron chi connectivity index (χ3n) is 4.05. The summed E-state index contributed by atoms with van der Waals surface area (Å²) >= 11 is 6.03. The van der Waals surface area contributed by atoms with E-state index in [4.69, 9.17) is 25.8 Å². The lowest BCUT2D eigenvalue weighted by Gasteiger charge is -2.08. The summed E-state index contributed by atoms with van der Waals surface area (Å²) in [5.74, 6) is 0.600. The van der Waals surface area contributed by atoms with Gasteiger partial charge in [-0.15, -0.1) is 0 Å². The van der Waals surface area contributed by atoms with Crippen molar-refractivity contribution in [1.29, 1.82) is 0 Å². The molecule has 0 saturated heterocycles. The van der Waals surface area contributed by atoms with Crippen LogP contribution in [0.2, 0.25) is 5.02 Å². The summed E-state index contributed by atoms with van der Waals surface area (Å²) in [5.41, 5.74) is 1.27. The number of nitrogens with one attached hydrogen (secondary N) is 1. The number of carbonyl (C=O) groups excluding carboxylic acids is 2. The van der Waals surface area contributed by atoms with E-state index in [1.165, 1.54) is 0 Å². The lowest BCUT2D eigenvalue weighted by Crippen LogP contribution is -2.12. The summed E-state index contributed by atoms with van der Waals surface area (Å²) in [6, 6.07) is 18.1. The summed E-state index contributed by atoms with van der Waals surface area (Å²) in [6.45, 7) is 0.134. The van der Waals surface area contributed by atoms with Gasteiger partial charge in [-0.3, -0.25) is 4.79 Å². The van der Waals surface area contributed by atoms with Crippen molar-refractivity contribution in [2.75, 3.05) is 12.1 Å². The molecule has 0 radical (unpaired) electrons. The molecule has 3 aromatic rings. The minimum absolute atomic E-state index is 0.134. The first-order chi connectivity index (χ1) is 13.6. The van der Waals surface area contributed by atoms with Crippen molar-refractivity contribution >= 4 is 29.2 Å². The van der Waals surface area contributed by atoms with Crippen molar-refractivity contribution in [2.24, 2.45) is 0 Å². The number of fused-ring (bicyclic) bond motifs is 1. The Hall–Kier alpha value is -3.51. The number of halogens is 1. The second-order valence-corrected chi connectivity index (χ2v) is 6.32. The van der Waals surface area contributed by atoms with E-state index < -0.39 is 5.97 Å². The van der Waals surface area contributed by atoms with Crippen LogP contribution in [0, 0.1) is 0 Å². The molecular formula is C21H14ClNO5. The molecule has 4 rings (SSSR count). The smallest absolute Gasteiger partial charge is 0.343 e. The molecule has 6 nitrogen and oxygen atoms in total. The van der Waals surface area contributed by atoms with Crippen molar-refractivity contribution in [1.82, 2.24) is 0 Å². The van der Waals surface area contributed by atoms with E-state index in [2.05, 4.69) is 5.32 Å². The SMILES string of the molecule is O=C(Oc1ccc(NC(=O)c2ccccc2Cl)cc1)c1ccc2c(c1)OCO2. The normalized spacial score (nSPS) is 11.8. The van der Waals surface area contributed by atoms with Gasteiger partial charge in [0.15, 0.2) is 11.5 Å². The Bertz CT molecular complexity index is 1050. The number of ether oxygens (including phenoxy) is 3. The first kappa shape index (κ1) is 17.9. The van der Waals surface area contributed by atoms with E-state index in [0.29, 0.717) is 39.1 Å². The molecule has 0 fully saturated rings. The van der Waals surface area contributed by atoms with Gasteiger partial charge in [-0.2, -0.15) is 0 Å². The fourth-order valence-corrected chi connectivity index (χ4v) is 2.86. The largest absolute Gasteiger partial charge is 0.454 e. The Morgan fingerprint density at radius 3 is 2.46 bits per heavy atom. The monoisotopic (exact) mass is 395 g/mol. The fourth-order valence-electron chi connectivity index (χ4n) is 2.64. The Morgan fingerprint density at radius 2 is 1.68 bits per heavy atom. The van der Waals surface area contributed by atoms with Crippen molar-refractivity contribution in [2.45, 2.75) is 0 Å². The first-order valence-electron chi connectivity index (χ1n) is 8.38. The van der Waals surface area contributed by atoms with Gasteiger partial charge in [0.05, 0.1) is 16.1 Å². The number of esters is 1. The molecule has 0 unspecified atom stereocenters. The molecule has 0 aliphatic carbocycles. The molecule has 0 aromatic heterocycles. The van der Waals surface area contributed by atoms with Crippen LogP contribution < -0.4 is 19.5 Å². The molecule has 1 heterocycles. The average molecular weight is 396 g/mol. The Balaban J connectivity index is 1.41. The van der Waals surface area contributed by atoms with Crippen LogP contribution in [0.5, 0.6) is 17.2 Å². The lowest BCUT2D eigenvalue weighted by atomic mass is 10.2. The van der Waals surface area contributed by atoms with Gasteiger partial charge < -0.3 is 19.5 Å². The van der Waals surface area contributed by atoms with Gasteiger partial charge in [-0.1, -0.05) is 23.7 Å². The summed E-state index contributed by atoms with van der Waals surface area (Å²) in [7, 11) is 0. The van der Waals surface area contributed by atoms with Crippen molar-refractivity contribution in [3.8, 4) is 17.2 Å². The number of hydrogen-bond donors (Lipinski definition) is 1. The highest BCUT2D eigenvalue weighted by Gasteiger charge is 2.17. The molecule has 0 spiro atoms. The van der Waals surface area contributed by atoms with E-state index in [0.717, 1.165) is 0 Å². The van der Waals surface area contributed by atoms with Crippen LogP contribution >= 0.6 is 11.6 Å². The van der Waals surface area contributed by atoms with E-state index in [1.807, 2.05) is 0 Å². The van der Waals surface area contributed by atoms with Crippen LogP contribution in [-0.4, -0.2) is 18.7 Å².